The Labute approximate surface area is 79.4 Å². The van der Waals surface area contributed by atoms with Crippen LogP contribution in [0.2, 0.25) is 0 Å². The molecule has 1 fully saturated rings. The number of esters is 1. The summed E-state index contributed by atoms with van der Waals surface area (Å²) >= 11 is 0. The van der Waals surface area contributed by atoms with E-state index in [0.29, 0.717) is 5.92 Å². The molecule has 76 valence electrons. The Kier molecular flexibility index (Phi) is 4.22. The predicted octanol–water partition coefficient (Wildman–Crippen LogP) is 1.61. The minimum Gasteiger partial charge on any atom is -0.469 e. The minimum absolute atomic E-state index is 0.0455. The first-order valence-electron chi connectivity index (χ1n) is 4.84. The van der Waals surface area contributed by atoms with Crippen molar-refractivity contribution < 1.29 is 14.3 Å². The van der Waals surface area contributed by atoms with Crippen molar-refractivity contribution in [3.63, 3.8) is 0 Å². The third kappa shape index (κ3) is 2.99. The van der Waals surface area contributed by atoms with Gasteiger partial charge in [-0.15, -0.1) is 0 Å². The van der Waals surface area contributed by atoms with Gasteiger partial charge in [0, 0.05) is 13.7 Å². The van der Waals surface area contributed by atoms with Crippen LogP contribution in [-0.4, -0.2) is 26.8 Å². The average Bonchev–Trinajstić information content (AvgIpc) is 2.18. The van der Waals surface area contributed by atoms with Gasteiger partial charge in [-0.05, 0) is 31.6 Å². The van der Waals surface area contributed by atoms with Gasteiger partial charge in [-0.3, -0.25) is 4.79 Å². The highest BCUT2D eigenvalue weighted by atomic mass is 16.5. The Hall–Kier alpha value is -0.570. The molecule has 1 aliphatic carbocycles. The van der Waals surface area contributed by atoms with E-state index in [9.17, 15) is 4.79 Å². The molecule has 0 aromatic carbocycles. The summed E-state index contributed by atoms with van der Waals surface area (Å²) in [5, 5.41) is 0. The standard InChI is InChI=1S/C10H18O3/c1-12-7-8-3-5-9(6-4-8)10(11)13-2/h8-9H,3-7H2,1-2H3. The second-order valence-electron chi connectivity index (χ2n) is 3.70. The van der Waals surface area contributed by atoms with Gasteiger partial charge in [-0.25, -0.2) is 0 Å². The normalized spacial score (nSPS) is 28.5. The van der Waals surface area contributed by atoms with Crippen molar-refractivity contribution in [2.75, 3.05) is 20.8 Å². The Morgan fingerprint density at radius 1 is 1.23 bits per heavy atom. The van der Waals surface area contributed by atoms with Gasteiger partial charge in [-0.2, -0.15) is 0 Å². The maximum atomic E-state index is 11.2. The Bertz CT molecular complexity index is 160. The van der Waals surface area contributed by atoms with Crippen molar-refractivity contribution in [3.8, 4) is 0 Å². The van der Waals surface area contributed by atoms with E-state index in [1.807, 2.05) is 0 Å². The van der Waals surface area contributed by atoms with Gasteiger partial charge in [0.05, 0.1) is 13.0 Å². The molecule has 0 amide bonds. The third-order valence-electron chi connectivity index (χ3n) is 2.78. The van der Waals surface area contributed by atoms with E-state index in [1.165, 1.54) is 7.11 Å². The fraction of sp³-hybridized carbons (Fsp3) is 0.900. The van der Waals surface area contributed by atoms with Crippen LogP contribution in [0.5, 0.6) is 0 Å². The van der Waals surface area contributed by atoms with Crippen molar-refractivity contribution in [2.24, 2.45) is 11.8 Å². The molecule has 3 heteroatoms. The number of rotatable bonds is 3. The van der Waals surface area contributed by atoms with Crippen molar-refractivity contribution in [1.29, 1.82) is 0 Å². The van der Waals surface area contributed by atoms with Crippen LogP contribution in [-0.2, 0) is 14.3 Å². The van der Waals surface area contributed by atoms with Crippen LogP contribution in [0.4, 0.5) is 0 Å². The molecule has 0 spiro atoms. The quantitative estimate of drug-likeness (QED) is 0.628. The topological polar surface area (TPSA) is 35.5 Å². The van der Waals surface area contributed by atoms with E-state index in [1.54, 1.807) is 7.11 Å². The lowest BCUT2D eigenvalue weighted by Crippen LogP contribution is -2.24. The zero-order valence-electron chi connectivity index (χ0n) is 8.41. The molecule has 0 bridgehead atoms. The molecule has 1 aliphatic rings. The fourth-order valence-corrected chi connectivity index (χ4v) is 1.97. The molecule has 0 atom stereocenters. The van der Waals surface area contributed by atoms with Crippen LogP contribution in [0.15, 0.2) is 0 Å². The maximum Gasteiger partial charge on any atom is 0.308 e. The van der Waals surface area contributed by atoms with Crippen LogP contribution in [0.1, 0.15) is 25.7 Å². The number of methoxy groups -OCH3 is 2. The maximum absolute atomic E-state index is 11.2. The number of carbonyl (C=O) groups excluding carboxylic acids is 1. The second kappa shape index (κ2) is 5.22. The molecule has 0 N–H and O–H groups in total. The zero-order valence-corrected chi connectivity index (χ0v) is 8.41. The van der Waals surface area contributed by atoms with Gasteiger partial charge in [0.1, 0.15) is 0 Å². The number of carbonyl (C=O) groups is 1. The van der Waals surface area contributed by atoms with Gasteiger partial charge in [0.15, 0.2) is 0 Å². The second-order valence-corrected chi connectivity index (χ2v) is 3.70. The first kappa shape index (κ1) is 10.5. The third-order valence-corrected chi connectivity index (χ3v) is 2.78. The van der Waals surface area contributed by atoms with Gasteiger partial charge in [0.2, 0.25) is 0 Å². The molecule has 0 aromatic rings. The summed E-state index contributed by atoms with van der Waals surface area (Å²) in [6, 6.07) is 0. The lowest BCUT2D eigenvalue weighted by Gasteiger charge is -2.26. The van der Waals surface area contributed by atoms with Gasteiger partial charge < -0.3 is 9.47 Å². The van der Waals surface area contributed by atoms with E-state index >= 15 is 0 Å². The van der Waals surface area contributed by atoms with E-state index in [2.05, 4.69) is 0 Å². The monoisotopic (exact) mass is 186 g/mol. The molecule has 3 nitrogen and oxygen atoms in total. The molecule has 0 saturated heterocycles. The Morgan fingerprint density at radius 2 is 1.85 bits per heavy atom. The molecule has 0 aromatic heterocycles. The van der Waals surface area contributed by atoms with Crippen LogP contribution < -0.4 is 0 Å². The SMILES string of the molecule is COCC1CCC(C(=O)OC)CC1. The smallest absolute Gasteiger partial charge is 0.308 e. The zero-order chi connectivity index (χ0) is 9.68. The molecular weight excluding hydrogens is 168 g/mol. The fourth-order valence-electron chi connectivity index (χ4n) is 1.97. The molecule has 0 heterocycles. The molecule has 1 rings (SSSR count). The van der Waals surface area contributed by atoms with Crippen molar-refractivity contribution in [2.45, 2.75) is 25.7 Å². The highest BCUT2D eigenvalue weighted by molar-refractivity contribution is 5.72. The molecular formula is C10H18O3. The lowest BCUT2D eigenvalue weighted by molar-refractivity contribution is -0.146. The van der Waals surface area contributed by atoms with E-state index in [4.69, 9.17) is 9.47 Å². The van der Waals surface area contributed by atoms with Gasteiger partial charge in [0.25, 0.3) is 0 Å². The highest BCUT2D eigenvalue weighted by Crippen LogP contribution is 2.29. The summed E-state index contributed by atoms with van der Waals surface area (Å²) in [6.45, 7) is 0.827. The number of ether oxygens (including phenoxy) is 2. The van der Waals surface area contributed by atoms with Crippen LogP contribution in [0, 0.1) is 11.8 Å². The summed E-state index contributed by atoms with van der Waals surface area (Å²) in [4.78, 5) is 11.2. The highest BCUT2D eigenvalue weighted by Gasteiger charge is 2.26. The van der Waals surface area contributed by atoms with E-state index < -0.39 is 0 Å². The Morgan fingerprint density at radius 3 is 2.31 bits per heavy atom. The first-order chi connectivity index (χ1) is 6.27. The van der Waals surface area contributed by atoms with Crippen molar-refractivity contribution in [1.82, 2.24) is 0 Å². The van der Waals surface area contributed by atoms with Crippen molar-refractivity contribution >= 4 is 5.97 Å². The summed E-state index contributed by atoms with van der Waals surface area (Å²) < 4.78 is 9.80. The number of hydrogen-bond acceptors (Lipinski definition) is 3. The molecule has 0 unspecified atom stereocenters. The Balaban J connectivity index is 2.26. The summed E-state index contributed by atoms with van der Waals surface area (Å²) in [5.74, 6) is 0.736. The van der Waals surface area contributed by atoms with Gasteiger partial charge in [-0.1, -0.05) is 0 Å². The molecule has 1 saturated carbocycles. The van der Waals surface area contributed by atoms with Gasteiger partial charge >= 0.3 is 5.97 Å². The minimum atomic E-state index is -0.0455. The summed E-state index contributed by atoms with van der Waals surface area (Å²) in [7, 11) is 3.19. The summed E-state index contributed by atoms with van der Waals surface area (Å²) in [5.41, 5.74) is 0. The molecule has 0 aliphatic heterocycles. The van der Waals surface area contributed by atoms with Crippen LogP contribution in [0.3, 0.4) is 0 Å². The predicted molar refractivity (Wildman–Crippen MR) is 49.3 cm³/mol. The lowest BCUT2D eigenvalue weighted by atomic mass is 9.82. The van der Waals surface area contributed by atoms with Crippen LogP contribution >= 0.6 is 0 Å². The summed E-state index contributed by atoms with van der Waals surface area (Å²) in [6.07, 6.45) is 4.10. The number of hydrogen-bond donors (Lipinski definition) is 0. The molecule has 0 radical (unpaired) electrons. The first-order valence-corrected chi connectivity index (χ1v) is 4.84. The van der Waals surface area contributed by atoms with E-state index in [-0.39, 0.29) is 11.9 Å². The molecule has 13 heavy (non-hydrogen) atoms. The van der Waals surface area contributed by atoms with Crippen LogP contribution in [0.25, 0.3) is 0 Å². The van der Waals surface area contributed by atoms with Crippen molar-refractivity contribution in [3.05, 3.63) is 0 Å². The average molecular weight is 186 g/mol. The van der Waals surface area contributed by atoms with E-state index in [0.717, 1.165) is 32.3 Å². The largest absolute Gasteiger partial charge is 0.469 e.